The maximum Gasteiger partial charge on any atom is 0.149 e. The Morgan fingerprint density at radius 3 is 3.05 bits per heavy atom. The monoisotopic (exact) mass is 276 g/mol. The molecule has 0 saturated carbocycles. The highest BCUT2D eigenvalue weighted by Crippen LogP contribution is 2.20. The van der Waals surface area contributed by atoms with E-state index in [2.05, 4.69) is 46.1 Å². The molecule has 19 heavy (non-hydrogen) atoms. The van der Waals surface area contributed by atoms with Gasteiger partial charge in [0.05, 0.1) is 6.04 Å². The molecule has 0 aromatic carbocycles. The third kappa shape index (κ3) is 2.72. The van der Waals surface area contributed by atoms with Crippen LogP contribution in [0.4, 0.5) is 0 Å². The number of fused-ring (bicyclic) bond motifs is 1. The Balaban J connectivity index is 1.67. The summed E-state index contributed by atoms with van der Waals surface area (Å²) in [6.45, 7) is 6.29. The largest absolute Gasteiger partial charge is 0.314 e. The molecule has 1 aliphatic rings. The number of nitrogens with zero attached hydrogens (tertiary/aromatic N) is 3. The summed E-state index contributed by atoms with van der Waals surface area (Å²) in [7, 11) is 0. The minimum Gasteiger partial charge on any atom is -0.314 e. The number of thiophene rings is 1. The Hall–Kier alpha value is -1.20. The maximum absolute atomic E-state index is 4.37. The minimum absolute atomic E-state index is 0.252. The average Bonchev–Trinajstić information content (AvgIpc) is 3.02. The molecule has 102 valence electrons. The van der Waals surface area contributed by atoms with E-state index in [1.54, 1.807) is 0 Å². The van der Waals surface area contributed by atoms with Crippen LogP contribution in [-0.4, -0.2) is 14.8 Å². The second kappa shape index (κ2) is 5.43. The van der Waals surface area contributed by atoms with Crippen molar-refractivity contribution in [1.29, 1.82) is 0 Å². The van der Waals surface area contributed by atoms with Gasteiger partial charge in [-0.15, -0.1) is 21.5 Å². The third-order valence-corrected chi connectivity index (χ3v) is 4.65. The number of aromatic nitrogens is 3. The summed E-state index contributed by atoms with van der Waals surface area (Å²) in [6, 6.07) is 4.62. The third-order valence-electron chi connectivity index (χ3n) is 3.65. The van der Waals surface area contributed by atoms with E-state index in [0.29, 0.717) is 0 Å². The van der Waals surface area contributed by atoms with Crippen LogP contribution in [0, 0.1) is 6.92 Å². The molecule has 1 aliphatic heterocycles. The molecule has 1 N–H and O–H groups in total. The molecule has 2 aromatic heterocycles. The van der Waals surface area contributed by atoms with Gasteiger partial charge in [-0.3, -0.25) is 0 Å². The zero-order valence-electron chi connectivity index (χ0n) is 11.5. The van der Waals surface area contributed by atoms with Gasteiger partial charge in [0, 0.05) is 29.3 Å². The molecular formula is C14H20N4S. The lowest BCUT2D eigenvalue weighted by Crippen LogP contribution is -2.23. The lowest BCUT2D eigenvalue weighted by molar-refractivity contribution is 0.466. The smallest absolute Gasteiger partial charge is 0.149 e. The molecule has 0 bridgehead atoms. The van der Waals surface area contributed by atoms with Gasteiger partial charge in [-0.05, 0) is 38.8 Å². The minimum atomic E-state index is 0.252. The molecular weight excluding hydrogens is 256 g/mol. The van der Waals surface area contributed by atoms with E-state index >= 15 is 0 Å². The molecule has 0 radical (unpaired) electrons. The Morgan fingerprint density at radius 1 is 1.37 bits per heavy atom. The van der Waals surface area contributed by atoms with Crippen molar-refractivity contribution >= 4 is 11.3 Å². The van der Waals surface area contributed by atoms with E-state index in [1.165, 1.54) is 22.6 Å². The van der Waals surface area contributed by atoms with Gasteiger partial charge in [0.2, 0.25) is 0 Å². The lowest BCUT2D eigenvalue weighted by atomic mass is 10.1. The zero-order valence-corrected chi connectivity index (χ0v) is 12.3. The standard InChI is InChI=1S/C14H20N4S/c1-10-6-7-12(19-10)9-15-11(2)14-17-16-13-5-3-4-8-18(13)14/h6-7,11,15H,3-5,8-9H2,1-2H3. The molecule has 3 rings (SSSR count). The second-order valence-corrected chi connectivity index (χ2v) is 6.57. The number of hydrogen-bond acceptors (Lipinski definition) is 4. The van der Waals surface area contributed by atoms with Crippen LogP contribution in [0.1, 0.15) is 47.2 Å². The summed E-state index contributed by atoms with van der Waals surface area (Å²) >= 11 is 1.85. The molecule has 1 unspecified atom stereocenters. The van der Waals surface area contributed by atoms with E-state index in [-0.39, 0.29) is 6.04 Å². The Bertz CT molecular complexity index is 558. The number of rotatable bonds is 4. The summed E-state index contributed by atoms with van der Waals surface area (Å²) in [5.41, 5.74) is 0. The molecule has 4 nitrogen and oxygen atoms in total. The second-order valence-electron chi connectivity index (χ2n) is 5.20. The van der Waals surface area contributed by atoms with Crippen molar-refractivity contribution in [3.05, 3.63) is 33.5 Å². The van der Waals surface area contributed by atoms with Gasteiger partial charge in [-0.1, -0.05) is 0 Å². The predicted molar refractivity (Wildman–Crippen MR) is 77.3 cm³/mol. The molecule has 5 heteroatoms. The fraction of sp³-hybridized carbons (Fsp3) is 0.571. The van der Waals surface area contributed by atoms with E-state index < -0.39 is 0 Å². The first kappa shape index (κ1) is 12.8. The lowest BCUT2D eigenvalue weighted by Gasteiger charge is -2.18. The van der Waals surface area contributed by atoms with Gasteiger partial charge < -0.3 is 9.88 Å². The van der Waals surface area contributed by atoms with Crippen LogP contribution in [0.25, 0.3) is 0 Å². The summed E-state index contributed by atoms with van der Waals surface area (Å²) < 4.78 is 2.29. The van der Waals surface area contributed by atoms with Crippen LogP contribution < -0.4 is 5.32 Å². The van der Waals surface area contributed by atoms with E-state index in [9.17, 15) is 0 Å². The molecule has 0 amide bonds. The summed E-state index contributed by atoms with van der Waals surface area (Å²) in [4.78, 5) is 2.74. The van der Waals surface area contributed by atoms with Gasteiger partial charge in [0.15, 0.2) is 0 Å². The van der Waals surface area contributed by atoms with Gasteiger partial charge >= 0.3 is 0 Å². The number of hydrogen-bond donors (Lipinski definition) is 1. The summed E-state index contributed by atoms with van der Waals surface area (Å²) in [5, 5.41) is 12.2. The Morgan fingerprint density at radius 2 is 2.26 bits per heavy atom. The summed E-state index contributed by atoms with van der Waals surface area (Å²) in [5.74, 6) is 2.24. The first-order valence-electron chi connectivity index (χ1n) is 6.94. The fourth-order valence-corrected chi connectivity index (χ4v) is 3.42. The first-order valence-corrected chi connectivity index (χ1v) is 7.76. The van der Waals surface area contributed by atoms with Crippen molar-refractivity contribution in [2.75, 3.05) is 0 Å². The highest BCUT2D eigenvalue weighted by Gasteiger charge is 2.19. The average molecular weight is 276 g/mol. The van der Waals surface area contributed by atoms with Crippen molar-refractivity contribution in [3.63, 3.8) is 0 Å². The van der Waals surface area contributed by atoms with Crippen LogP contribution >= 0.6 is 11.3 Å². The molecule has 1 atom stereocenters. The highest BCUT2D eigenvalue weighted by atomic mass is 32.1. The molecule has 0 aliphatic carbocycles. The van der Waals surface area contributed by atoms with Gasteiger partial charge in [-0.25, -0.2) is 0 Å². The highest BCUT2D eigenvalue weighted by molar-refractivity contribution is 7.11. The van der Waals surface area contributed by atoms with Crippen molar-refractivity contribution in [3.8, 4) is 0 Å². The topological polar surface area (TPSA) is 42.7 Å². The zero-order chi connectivity index (χ0) is 13.2. The predicted octanol–water partition coefficient (Wildman–Crippen LogP) is 2.84. The molecule has 0 spiro atoms. The van der Waals surface area contributed by atoms with Crippen molar-refractivity contribution in [2.24, 2.45) is 0 Å². The van der Waals surface area contributed by atoms with E-state index in [1.807, 2.05) is 11.3 Å². The SMILES string of the molecule is Cc1ccc(CNC(C)c2nnc3n2CCCC3)s1. The van der Waals surface area contributed by atoms with Gasteiger partial charge in [-0.2, -0.15) is 0 Å². The van der Waals surface area contributed by atoms with E-state index in [4.69, 9.17) is 0 Å². The molecule has 3 heterocycles. The molecule has 0 fully saturated rings. The fourth-order valence-electron chi connectivity index (χ4n) is 2.58. The molecule has 2 aromatic rings. The van der Waals surface area contributed by atoms with Crippen molar-refractivity contribution in [2.45, 2.75) is 52.2 Å². The van der Waals surface area contributed by atoms with Gasteiger partial charge in [0.25, 0.3) is 0 Å². The van der Waals surface area contributed by atoms with Crippen molar-refractivity contribution < 1.29 is 0 Å². The van der Waals surface area contributed by atoms with Crippen LogP contribution in [0.3, 0.4) is 0 Å². The van der Waals surface area contributed by atoms with Crippen LogP contribution in [-0.2, 0) is 19.5 Å². The van der Waals surface area contributed by atoms with Crippen LogP contribution in [0.5, 0.6) is 0 Å². The Labute approximate surface area is 117 Å². The van der Waals surface area contributed by atoms with Gasteiger partial charge in [0.1, 0.15) is 11.6 Å². The van der Waals surface area contributed by atoms with Crippen LogP contribution in [0.2, 0.25) is 0 Å². The maximum atomic E-state index is 4.37. The number of nitrogens with one attached hydrogen (secondary N) is 1. The first-order chi connectivity index (χ1) is 9.24. The van der Waals surface area contributed by atoms with E-state index in [0.717, 1.165) is 31.2 Å². The Kier molecular flexibility index (Phi) is 3.66. The number of aryl methyl sites for hydroxylation is 2. The molecule has 0 saturated heterocycles. The van der Waals surface area contributed by atoms with Crippen LogP contribution in [0.15, 0.2) is 12.1 Å². The van der Waals surface area contributed by atoms with Crippen molar-refractivity contribution in [1.82, 2.24) is 20.1 Å². The quantitative estimate of drug-likeness (QED) is 0.933. The summed E-state index contributed by atoms with van der Waals surface area (Å²) in [6.07, 6.45) is 3.56. The normalized spacial score (nSPS) is 16.3.